The summed E-state index contributed by atoms with van der Waals surface area (Å²) >= 11 is 0. The summed E-state index contributed by atoms with van der Waals surface area (Å²) in [6.45, 7) is 3.87. The van der Waals surface area contributed by atoms with Crippen LogP contribution in [0.1, 0.15) is 30.1 Å². The number of imidazole rings is 1. The van der Waals surface area contributed by atoms with Gasteiger partial charge >= 0.3 is 0 Å². The topological polar surface area (TPSA) is 83.5 Å². The molecule has 1 saturated heterocycles. The van der Waals surface area contributed by atoms with E-state index in [2.05, 4.69) is 34.8 Å². The second-order valence-electron chi connectivity index (χ2n) is 6.06. The molecule has 4 rings (SSSR count). The summed E-state index contributed by atoms with van der Waals surface area (Å²) in [5.41, 5.74) is 2.87. The molecule has 122 valence electrons. The zero-order valence-electron chi connectivity index (χ0n) is 13.6. The second kappa shape index (κ2) is 6.35. The smallest absolute Gasteiger partial charge is 0.158 e. The summed E-state index contributed by atoms with van der Waals surface area (Å²) in [4.78, 5) is 27.5. The van der Waals surface area contributed by atoms with Crippen LogP contribution in [0.3, 0.4) is 0 Å². The minimum atomic E-state index is 0.308. The van der Waals surface area contributed by atoms with Gasteiger partial charge in [0.05, 0.1) is 5.69 Å². The van der Waals surface area contributed by atoms with Crippen molar-refractivity contribution in [1.82, 2.24) is 29.9 Å². The molecule has 4 heterocycles. The van der Waals surface area contributed by atoms with Gasteiger partial charge in [0.2, 0.25) is 0 Å². The van der Waals surface area contributed by atoms with E-state index in [1.54, 1.807) is 24.9 Å². The van der Waals surface area contributed by atoms with Crippen molar-refractivity contribution in [2.24, 2.45) is 0 Å². The molecule has 0 unspecified atom stereocenters. The third kappa shape index (κ3) is 2.84. The number of nitrogens with zero attached hydrogens (tertiary/aromatic N) is 6. The molecule has 7 heteroatoms. The molecule has 0 aliphatic carbocycles. The monoisotopic (exact) mass is 321 g/mol. The highest BCUT2D eigenvalue weighted by Crippen LogP contribution is 2.31. The van der Waals surface area contributed by atoms with Crippen LogP contribution in [-0.4, -0.2) is 43.0 Å². The lowest BCUT2D eigenvalue weighted by Crippen LogP contribution is -2.35. The van der Waals surface area contributed by atoms with Crippen LogP contribution in [0, 0.1) is 6.92 Å². The molecule has 24 heavy (non-hydrogen) atoms. The van der Waals surface area contributed by atoms with Crippen LogP contribution in [0.15, 0.2) is 37.2 Å². The van der Waals surface area contributed by atoms with Gasteiger partial charge < -0.3 is 9.88 Å². The summed E-state index contributed by atoms with van der Waals surface area (Å²) in [6, 6.07) is 1.95. The van der Waals surface area contributed by atoms with Crippen LogP contribution in [0.2, 0.25) is 0 Å². The van der Waals surface area contributed by atoms with Gasteiger partial charge in [0, 0.05) is 49.5 Å². The van der Waals surface area contributed by atoms with Crippen molar-refractivity contribution < 1.29 is 0 Å². The van der Waals surface area contributed by atoms with E-state index in [1.165, 1.54) is 0 Å². The molecule has 1 N–H and O–H groups in total. The fraction of sp³-hybridized carbons (Fsp3) is 0.353. The lowest BCUT2D eigenvalue weighted by Gasteiger charge is -2.33. The first-order chi connectivity index (χ1) is 11.8. The molecule has 0 aromatic carbocycles. The Balaban J connectivity index is 1.64. The first kappa shape index (κ1) is 14.7. The first-order valence-corrected chi connectivity index (χ1v) is 8.15. The number of rotatable bonds is 3. The van der Waals surface area contributed by atoms with Gasteiger partial charge in [-0.25, -0.2) is 19.9 Å². The Morgan fingerprint density at radius 2 is 2.04 bits per heavy atom. The summed E-state index contributed by atoms with van der Waals surface area (Å²) in [6.07, 6.45) is 10.9. The molecule has 0 saturated carbocycles. The van der Waals surface area contributed by atoms with Crippen molar-refractivity contribution in [1.29, 1.82) is 0 Å². The number of aryl methyl sites for hydroxylation is 1. The van der Waals surface area contributed by atoms with E-state index in [4.69, 9.17) is 0 Å². The summed E-state index contributed by atoms with van der Waals surface area (Å²) < 4.78 is 0. The number of H-pyrrole nitrogens is 1. The van der Waals surface area contributed by atoms with Gasteiger partial charge in [0.25, 0.3) is 0 Å². The van der Waals surface area contributed by atoms with Crippen molar-refractivity contribution >= 4 is 5.82 Å². The zero-order valence-corrected chi connectivity index (χ0v) is 13.6. The molecule has 1 fully saturated rings. The number of aromatic amines is 1. The average molecular weight is 321 g/mol. The molecule has 3 aromatic rings. The highest BCUT2D eigenvalue weighted by atomic mass is 15.2. The number of hydrogen-bond acceptors (Lipinski definition) is 6. The molecule has 0 radical (unpaired) electrons. The van der Waals surface area contributed by atoms with Crippen molar-refractivity contribution in [3.05, 3.63) is 48.6 Å². The summed E-state index contributed by atoms with van der Waals surface area (Å²) in [5.74, 6) is 2.06. The highest BCUT2D eigenvalue weighted by molar-refractivity contribution is 5.54. The van der Waals surface area contributed by atoms with Crippen molar-refractivity contribution in [3.63, 3.8) is 0 Å². The van der Waals surface area contributed by atoms with Crippen LogP contribution in [-0.2, 0) is 0 Å². The first-order valence-electron chi connectivity index (χ1n) is 8.15. The van der Waals surface area contributed by atoms with Crippen LogP contribution < -0.4 is 4.90 Å². The zero-order chi connectivity index (χ0) is 16.4. The fourth-order valence-electron chi connectivity index (χ4n) is 3.24. The van der Waals surface area contributed by atoms with E-state index >= 15 is 0 Å². The van der Waals surface area contributed by atoms with Gasteiger partial charge in [-0.05, 0) is 25.8 Å². The van der Waals surface area contributed by atoms with Gasteiger partial charge in [-0.3, -0.25) is 4.98 Å². The molecule has 7 nitrogen and oxygen atoms in total. The van der Waals surface area contributed by atoms with Crippen LogP contribution in [0.5, 0.6) is 0 Å². The molecule has 1 aliphatic rings. The van der Waals surface area contributed by atoms with Crippen molar-refractivity contribution in [3.8, 4) is 11.5 Å². The third-order valence-corrected chi connectivity index (χ3v) is 4.35. The molecule has 0 amide bonds. The number of anilines is 1. The van der Waals surface area contributed by atoms with Crippen LogP contribution in [0.4, 0.5) is 5.82 Å². The summed E-state index contributed by atoms with van der Waals surface area (Å²) in [5, 5.41) is 0. The molecule has 3 aromatic heterocycles. The minimum absolute atomic E-state index is 0.308. The van der Waals surface area contributed by atoms with Crippen LogP contribution in [0.25, 0.3) is 11.5 Å². The summed E-state index contributed by atoms with van der Waals surface area (Å²) in [7, 11) is 0. The van der Waals surface area contributed by atoms with Gasteiger partial charge in [0.1, 0.15) is 17.8 Å². The average Bonchev–Trinajstić information content (AvgIpc) is 3.09. The maximum absolute atomic E-state index is 4.63. The molecule has 0 spiro atoms. The second-order valence-corrected chi connectivity index (χ2v) is 6.06. The van der Waals surface area contributed by atoms with E-state index in [-0.39, 0.29) is 0 Å². The number of hydrogen-bond donors (Lipinski definition) is 1. The quantitative estimate of drug-likeness (QED) is 0.797. The number of piperidine rings is 1. The Hall–Kier alpha value is -2.83. The predicted octanol–water partition coefficient (Wildman–Crippen LogP) is 2.35. The van der Waals surface area contributed by atoms with Crippen LogP contribution >= 0.6 is 0 Å². The lowest BCUT2D eigenvalue weighted by molar-refractivity contribution is 0.498. The van der Waals surface area contributed by atoms with E-state index in [9.17, 15) is 0 Å². The Morgan fingerprint density at radius 3 is 2.83 bits per heavy atom. The van der Waals surface area contributed by atoms with Gasteiger partial charge in [-0.15, -0.1) is 0 Å². The van der Waals surface area contributed by atoms with E-state index in [1.807, 2.05) is 19.2 Å². The molecule has 1 aliphatic heterocycles. The van der Waals surface area contributed by atoms with E-state index < -0.39 is 0 Å². The van der Waals surface area contributed by atoms with Gasteiger partial charge in [-0.1, -0.05) is 0 Å². The Labute approximate surface area is 140 Å². The number of aromatic nitrogens is 6. The highest BCUT2D eigenvalue weighted by Gasteiger charge is 2.26. The minimum Gasteiger partial charge on any atom is -0.356 e. The maximum Gasteiger partial charge on any atom is 0.158 e. The Kier molecular flexibility index (Phi) is 3.90. The lowest BCUT2D eigenvalue weighted by atomic mass is 9.93. The predicted molar refractivity (Wildman–Crippen MR) is 90.6 cm³/mol. The molecular formula is C17H19N7. The van der Waals surface area contributed by atoms with Crippen molar-refractivity contribution in [2.45, 2.75) is 25.7 Å². The van der Waals surface area contributed by atoms with E-state index in [0.29, 0.717) is 5.92 Å². The van der Waals surface area contributed by atoms with Crippen molar-refractivity contribution in [2.75, 3.05) is 18.0 Å². The maximum atomic E-state index is 4.63. The number of nitrogens with one attached hydrogen (secondary N) is 1. The van der Waals surface area contributed by atoms with Gasteiger partial charge in [-0.2, -0.15) is 0 Å². The molecule has 0 bridgehead atoms. The fourth-order valence-corrected chi connectivity index (χ4v) is 3.24. The largest absolute Gasteiger partial charge is 0.356 e. The molecule has 1 atom stereocenters. The van der Waals surface area contributed by atoms with E-state index in [0.717, 1.165) is 54.7 Å². The Bertz CT molecular complexity index is 815. The van der Waals surface area contributed by atoms with Gasteiger partial charge in [0.15, 0.2) is 5.82 Å². The Morgan fingerprint density at radius 1 is 1.12 bits per heavy atom. The SMILES string of the molecule is Cc1cnc(-c2nccnc2[C@@H]2CCCN(c3ccncn3)C2)[nH]1. The normalized spacial score (nSPS) is 17.9. The molecular weight excluding hydrogens is 302 g/mol. The standard InChI is InChI=1S/C17H19N7/c1-12-9-21-17(23-12)16-15(19-6-7-20-16)13-3-2-8-24(10-13)14-4-5-18-11-22-14/h4-7,9,11,13H,2-3,8,10H2,1H3,(H,21,23)/t13-/m1/s1. The third-order valence-electron chi connectivity index (χ3n) is 4.35.